The summed E-state index contributed by atoms with van der Waals surface area (Å²) in [5.41, 5.74) is 7.84. The molecule has 0 saturated carbocycles. The molecule has 1 aromatic carbocycles. The van der Waals surface area contributed by atoms with Crippen molar-refractivity contribution in [2.24, 2.45) is 12.8 Å². The lowest BCUT2D eigenvalue weighted by Gasteiger charge is -2.20. The number of amides is 1. The summed E-state index contributed by atoms with van der Waals surface area (Å²) >= 11 is 6.04. The van der Waals surface area contributed by atoms with Gasteiger partial charge in [-0.3, -0.25) is 0 Å². The molecule has 2 rings (SSSR count). The summed E-state index contributed by atoms with van der Waals surface area (Å²) in [6, 6.07) is 5.62. The van der Waals surface area contributed by atoms with Crippen LogP contribution in [-0.2, 0) is 18.2 Å². The molecule has 0 fully saturated rings. The maximum Gasteiger partial charge on any atom is 0.407 e. The van der Waals surface area contributed by atoms with Crippen molar-refractivity contribution in [1.29, 1.82) is 0 Å². The standard InChI is InChI=1S/C17H24ClN3O2/c1-17(2,3)23-16(22)20-9-13(19)7-11-10-21(4)15-8-12(18)5-6-14(11)15/h5-6,8,10,13H,7,9,19H2,1-4H3,(H,20,22). The van der Waals surface area contributed by atoms with Crippen molar-refractivity contribution in [3.8, 4) is 0 Å². The van der Waals surface area contributed by atoms with E-state index in [0.717, 1.165) is 16.5 Å². The fraction of sp³-hybridized carbons (Fsp3) is 0.471. The number of halogens is 1. The maximum atomic E-state index is 11.7. The zero-order valence-corrected chi connectivity index (χ0v) is 14.8. The molecule has 0 saturated heterocycles. The molecule has 5 nitrogen and oxygen atoms in total. The monoisotopic (exact) mass is 337 g/mol. The van der Waals surface area contributed by atoms with E-state index < -0.39 is 11.7 Å². The van der Waals surface area contributed by atoms with E-state index in [9.17, 15) is 4.79 Å². The highest BCUT2D eigenvalue weighted by Crippen LogP contribution is 2.24. The molecule has 0 aliphatic carbocycles. The van der Waals surface area contributed by atoms with E-state index in [1.807, 2.05) is 56.8 Å². The molecular formula is C17H24ClN3O2. The molecule has 1 atom stereocenters. The van der Waals surface area contributed by atoms with Gasteiger partial charge in [-0.1, -0.05) is 17.7 Å². The smallest absolute Gasteiger partial charge is 0.407 e. The van der Waals surface area contributed by atoms with E-state index in [-0.39, 0.29) is 6.04 Å². The third kappa shape index (κ3) is 4.88. The van der Waals surface area contributed by atoms with Crippen molar-refractivity contribution in [2.75, 3.05) is 6.54 Å². The minimum absolute atomic E-state index is 0.191. The van der Waals surface area contributed by atoms with Crippen LogP contribution in [0.4, 0.5) is 4.79 Å². The number of benzene rings is 1. The number of carbonyl (C=O) groups is 1. The predicted molar refractivity (Wildman–Crippen MR) is 93.8 cm³/mol. The highest BCUT2D eigenvalue weighted by molar-refractivity contribution is 6.31. The van der Waals surface area contributed by atoms with E-state index in [1.165, 1.54) is 0 Å². The van der Waals surface area contributed by atoms with Gasteiger partial charge in [0.15, 0.2) is 0 Å². The molecule has 1 unspecified atom stereocenters. The van der Waals surface area contributed by atoms with Crippen LogP contribution in [0.2, 0.25) is 5.02 Å². The van der Waals surface area contributed by atoms with E-state index in [0.29, 0.717) is 18.0 Å². The quantitative estimate of drug-likeness (QED) is 0.900. The maximum absolute atomic E-state index is 11.7. The van der Waals surface area contributed by atoms with Crippen molar-refractivity contribution in [1.82, 2.24) is 9.88 Å². The van der Waals surface area contributed by atoms with E-state index in [1.54, 1.807) is 0 Å². The number of carbonyl (C=O) groups excluding carboxylic acids is 1. The Labute approximate surface area is 141 Å². The zero-order chi connectivity index (χ0) is 17.2. The summed E-state index contributed by atoms with van der Waals surface area (Å²) in [7, 11) is 1.98. The molecule has 0 aliphatic heterocycles. The molecule has 6 heteroatoms. The molecule has 0 aliphatic rings. The minimum Gasteiger partial charge on any atom is -0.444 e. The van der Waals surface area contributed by atoms with Gasteiger partial charge in [-0.05, 0) is 44.9 Å². The molecule has 0 spiro atoms. The van der Waals surface area contributed by atoms with Gasteiger partial charge in [0.1, 0.15) is 5.60 Å². The minimum atomic E-state index is -0.511. The average Bonchev–Trinajstić information content (AvgIpc) is 2.71. The van der Waals surface area contributed by atoms with Gasteiger partial charge in [0.05, 0.1) is 0 Å². The predicted octanol–water partition coefficient (Wildman–Crippen LogP) is 3.23. The Hall–Kier alpha value is -1.72. The molecule has 0 radical (unpaired) electrons. The van der Waals surface area contributed by atoms with Crippen molar-refractivity contribution < 1.29 is 9.53 Å². The Balaban J connectivity index is 1.98. The number of nitrogens with zero attached hydrogens (tertiary/aromatic N) is 1. The van der Waals surface area contributed by atoms with Crippen molar-refractivity contribution in [3.63, 3.8) is 0 Å². The van der Waals surface area contributed by atoms with Gasteiger partial charge in [-0.25, -0.2) is 4.79 Å². The van der Waals surface area contributed by atoms with Gasteiger partial charge in [-0.2, -0.15) is 0 Å². The van der Waals surface area contributed by atoms with Gasteiger partial charge in [0.25, 0.3) is 0 Å². The number of nitrogens with one attached hydrogen (secondary N) is 1. The van der Waals surface area contributed by atoms with Crippen molar-refractivity contribution in [3.05, 3.63) is 35.0 Å². The summed E-state index contributed by atoms with van der Waals surface area (Å²) < 4.78 is 7.23. The number of rotatable bonds is 4. The van der Waals surface area contributed by atoms with Gasteiger partial charge < -0.3 is 20.4 Å². The van der Waals surface area contributed by atoms with Gasteiger partial charge in [0.2, 0.25) is 0 Å². The number of fused-ring (bicyclic) bond motifs is 1. The lowest BCUT2D eigenvalue weighted by atomic mass is 10.1. The molecule has 1 amide bonds. The molecule has 0 bridgehead atoms. The van der Waals surface area contributed by atoms with Crippen LogP contribution in [0.25, 0.3) is 10.9 Å². The number of aryl methyl sites for hydroxylation is 1. The third-order valence-electron chi connectivity index (χ3n) is 3.42. The van der Waals surface area contributed by atoms with Crippen LogP contribution in [0, 0.1) is 0 Å². The lowest BCUT2D eigenvalue weighted by Crippen LogP contribution is -2.41. The van der Waals surface area contributed by atoms with Gasteiger partial charge in [-0.15, -0.1) is 0 Å². The van der Waals surface area contributed by atoms with Crippen LogP contribution < -0.4 is 11.1 Å². The Kier molecular flexibility index (Phi) is 5.22. The number of hydrogen-bond donors (Lipinski definition) is 2. The molecule has 1 heterocycles. The zero-order valence-electron chi connectivity index (χ0n) is 14.0. The first kappa shape index (κ1) is 17.6. The van der Waals surface area contributed by atoms with E-state index in [4.69, 9.17) is 22.1 Å². The largest absolute Gasteiger partial charge is 0.444 e. The number of hydrogen-bond acceptors (Lipinski definition) is 3. The fourth-order valence-corrected chi connectivity index (χ4v) is 2.65. The molecule has 126 valence electrons. The highest BCUT2D eigenvalue weighted by Gasteiger charge is 2.17. The van der Waals surface area contributed by atoms with E-state index >= 15 is 0 Å². The van der Waals surface area contributed by atoms with Gasteiger partial charge >= 0.3 is 6.09 Å². The first-order chi connectivity index (χ1) is 10.7. The Morgan fingerprint density at radius 2 is 2.13 bits per heavy atom. The number of alkyl carbamates (subject to hydrolysis) is 1. The Morgan fingerprint density at radius 1 is 1.43 bits per heavy atom. The highest BCUT2D eigenvalue weighted by atomic mass is 35.5. The van der Waals surface area contributed by atoms with Crippen LogP contribution >= 0.6 is 11.6 Å². The summed E-state index contributed by atoms with van der Waals surface area (Å²) in [5, 5.41) is 4.55. The second-order valence-electron chi connectivity index (χ2n) is 6.77. The summed E-state index contributed by atoms with van der Waals surface area (Å²) in [4.78, 5) is 11.7. The molecule has 23 heavy (non-hydrogen) atoms. The molecule has 1 aromatic heterocycles. The second kappa shape index (κ2) is 6.81. The normalized spacial score (nSPS) is 13.1. The summed E-state index contributed by atoms with van der Waals surface area (Å²) in [6.07, 6.45) is 2.26. The van der Waals surface area contributed by atoms with E-state index in [2.05, 4.69) is 5.32 Å². The Bertz CT molecular complexity index is 704. The topological polar surface area (TPSA) is 69.3 Å². The summed E-state index contributed by atoms with van der Waals surface area (Å²) in [6.45, 7) is 5.84. The SMILES string of the molecule is Cn1cc(CC(N)CNC(=O)OC(C)(C)C)c2ccc(Cl)cc21. The van der Waals surface area contributed by atoms with Crippen LogP contribution in [0.1, 0.15) is 26.3 Å². The van der Waals surface area contributed by atoms with Crippen LogP contribution in [0.15, 0.2) is 24.4 Å². The molecule has 2 aromatic rings. The molecular weight excluding hydrogens is 314 g/mol. The second-order valence-corrected chi connectivity index (χ2v) is 7.21. The van der Waals surface area contributed by atoms with Crippen molar-refractivity contribution in [2.45, 2.75) is 38.8 Å². The van der Waals surface area contributed by atoms with Gasteiger partial charge in [0, 0.05) is 41.8 Å². The average molecular weight is 338 g/mol. The van der Waals surface area contributed by atoms with Crippen LogP contribution in [-0.4, -0.2) is 28.8 Å². The first-order valence-corrected chi connectivity index (χ1v) is 7.99. The summed E-state index contributed by atoms with van der Waals surface area (Å²) in [5.74, 6) is 0. The number of nitrogens with two attached hydrogens (primary N) is 1. The number of ether oxygens (including phenoxy) is 1. The number of aromatic nitrogens is 1. The third-order valence-corrected chi connectivity index (χ3v) is 3.66. The first-order valence-electron chi connectivity index (χ1n) is 7.61. The fourth-order valence-electron chi connectivity index (χ4n) is 2.49. The lowest BCUT2D eigenvalue weighted by molar-refractivity contribution is 0.0524. The Morgan fingerprint density at radius 3 is 2.78 bits per heavy atom. The molecule has 3 N–H and O–H groups in total. The van der Waals surface area contributed by atoms with Crippen molar-refractivity contribution >= 4 is 28.6 Å². The van der Waals surface area contributed by atoms with Crippen LogP contribution in [0.5, 0.6) is 0 Å². The van der Waals surface area contributed by atoms with Crippen LogP contribution in [0.3, 0.4) is 0 Å².